The zero-order chi connectivity index (χ0) is 20.7. The summed E-state index contributed by atoms with van der Waals surface area (Å²) in [6.07, 6.45) is 1.28. The first kappa shape index (κ1) is 19.1. The van der Waals surface area contributed by atoms with Gasteiger partial charge in [0.05, 0.1) is 27.5 Å². The molecule has 0 spiro atoms. The van der Waals surface area contributed by atoms with Crippen molar-refractivity contribution in [1.29, 1.82) is 0 Å². The third-order valence-corrected chi connectivity index (χ3v) is 7.02. The van der Waals surface area contributed by atoms with Crippen LogP contribution in [0.5, 0.6) is 5.75 Å². The molecule has 2 aromatic carbocycles. The second kappa shape index (κ2) is 7.72. The summed E-state index contributed by atoms with van der Waals surface area (Å²) in [4.78, 5) is 33.8. The van der Waals surface area contributed by atoms with E-state index in [0.717, 1.165) is 29.1 Å². The maximum Gasteiger partial charge on any atom is 0.265 e. The molecule has 0 bridgehead atoms. The summed E-state index contributed by atoms with van der Waals surface area (Å²) in [5.74, 6) is 0.674. The maximum absolute atomic E-state index is 13.3. The molecule has 5 rings (SSSR count). The van der Waals surface area contributed by atoms with Gasteiger partial charge in [0, 0.05) is 25.9 Å². The minimum atomic E-state index is -0.682. The number of aromatic nitrogens is 1. The van der Waals surface area contributed by atoms with Crippen LogP contribution in [0.2, 0.25) is 0 Å². The predicted molar refractivity (Wildman–Crippen MR) is 117 cm³/mol. The van der Waals surface area contributed by atoms with Gasteiger partial charge in [-0.1, -0.05) is 24.3 Å². The van der Waals surface area contributed by atoms with Crippen LogP contribution in [-0.4, -0.2) is 47.4 Å². The average Bonchev–Trinajstić information content (AvgIpc) is 3.22. The summed E-state index contributed by atoms with van der Waals surface area (Å²) in [6.45, 7) is 3.11. The predicted octanol–water partition coefficient (Wildman–Crippen LogP) is 3.82. The number of ether oxygens (including phenoxy) is 1. The van der Waals surface area contributed by atoms with Crippen LogP contribution < -0.4 is 9.64 Å². The molecule has 3 heterocycles. The van der Waals surface area contributed by atoms with Gasteiger partial charge in [-0.2, -0.15) is 0 Å². The Labute approximate surface area is 179 Å². The van der Waals surface area contributed by atoms with Crippen molar-refractivity contribution in [3.05, 3.63) is 53.5 Å². The number of benzene rings is 2. The van der Waals surface area contributed by atoms with Gasteiger partial charge >= 0.3 is 0 Å². The molecule has 0 unspecified atom stereocenters. The van der Waals surface area contributed by atoms with E-state index in [9.17, 15) is 9.59 Å². The fraction of sp³-hybridized carbons (Fsp3) is 0.348. The number of amides is 2. The number of rotatable bonds is 2. The van der Waals surface area contributed by atoms with Gasteiger partial charge in [-0.25, -0.2) is 4.98 Å². The molecular weight excluding hydrogens is 398 g/mol. The lowest BCUT2D eigenvalue weighted by molar-refractivity contribution is -0.140. The van der Waals surface area contributed by atoms with Crippen LogP contribution in [0.3, 0.4) is 0 Å². The van der Waals surface area contributed by atoms with Crippen molar-refractivity contribution in [3.8, 4) is 5.75 Å². The van der Waals surface area contributed by atoms with Gasteiger partial charge in [-0.15, -0.1) is 11.3 Å². The summed E-state index contributed by atoms with van der Waals surface area (Å²) in [6, 6.07) is 15.5. The minimum Gasteiger partial charge on any atom is -0.476 e. The van der Waals surface area contributed by atoms with Gasteiger partial charge in [0.1, 0.15) is 5.75 Å². The molecule has 0 aliphatic carbocycles. The van der Waals surface area contributed by atoms with Gasteiger partial charge < -0.3 is 14.5 Å². The maximum atomic E-state index is 13.3. The Morgan fingerprint density at radius 1 is 1.10 bits per heavy atom. The van der Waals surface area contributed by atoms with Crippen LogP contribution in [0.1, 0.15) is 30.7 Å². The van der Waals surface area contributed by atoms with Gasteiger partial charge in [-0.3, -0.25) is 9.59 Å². The molecular formula is C23H23N3O3S. The normalized spacial score (nSPS) is 21.2. The lowest BCUT2D eigenvalue weighted by Gasteiger charge is -2.38. The lowest BCUT2D eigenvalue weighted by atomic mass is 9.98. The van der Waals surface area contributed by atoms with Crippen molar-refractivity contribution in [1.82, 2.24) is 9.88 Å². The second-order valence-electron chi connectivity index (χ2n) is 7.85. The smallest absolute Gasteiger partial charge is 0.265 e. The Morgan fingerprint density at radius 3 is 2.73 bits per heavy atom. The van der Waals surface area contributed by atoms with Crippen molar-refractivity contribution in [2.45, 2.75) is 31.8 Å². The molecule has 0 saturated carbocycles. The third-order valence-electron chi connectivity index (χ3n) is 5.82. The quantitative estimate of drug-likeness (QED) is 0.631. The first-order valence-electron chi connectivity index (χ1n) is 10.3. The van der Waals surface area contributed by atoms with Crippen molar-refractivity contribution in [2.75, 3.05) is 24.5 Å². The number of likely N-dealkylation sites (tertiary alicyclic amines) is 1. The molecule has 30 heavy (non-hydrogen) atoms. The number of carbonyl (C=O) groups is 2. The Bertz CT molecular complexity index is 1080. The summed E-state index contributed by atoms with van der Waals surface area (Å²) < 4.78 is 7.20. The van der Waals surface area contributed by atoms with Crippen LogP contribution >= 0.6 is 11.3 Å². The van der Waals surface area contributed by atoms with E-state index in [1.807, 2.05) is 47.4 Å². The van der Waals surface area contributed by atoms with Gasteiger partial charge in [-0.05, 0) is 37.1 Å². The summed E-state index contributed by atoms with van der Waals surface area (Å²) in [5, 5.41) is 1.09. The molecule has 2 amide bonds. The average molecular weight is 422 g/mol. The molecule has 1 fully saturated rings. The first-order chi connectivity index (χ1) is 14.6. The molecule has 6 nitrogen and oxygen atoms in total. The number of nitrogens with zero attached hydrogens (tertiary/aromatic N) is 3. The largest absolute Gasteiger partial charge is 0.476 e. The molecule has 3 aromatic rings. The zero-order valence-electron chi connectivity index (χ0n) is 16.8. The Kier molecular flexibility index (Phi) is 4.90. The molecule has 0 radical (unpaired) electrons. The second-order valence-corrected chi connectivity index (χ2v) is 8.91. The van der Waals surface area contributed by atoms with E-state index in [1.165, 1.54) is 11.6 Å². The number of thiazole rings is 1. The van der Waals surface area contributed by atoms with Crippen molar-refractivity contribution in [2.24, 2.45) is 0 Å². The SMILES string of the molecule is CC(=O)N1C[C@@H](C(=O)N2CCC[C@@H](c3nc4ccccc4s3)C2)Oc2ccccc21. The standard InChI is InChI=1S/C23H23N3O3S/c1-15(27)26-14-20(29-19-10-4-3-9-18(19)26)23(28)25-12-6-7-16(13-25)22-24-17-8-2-5-11-21(17)30-22/h2-5,8-11,16,20H,6-7,12-14H2,1H3/t16-,20+/m1/s1. The van der Waals surface area contributed by atoms with E-state index in [-0.39, 0.29) is 24.3 Å². The van der Waals surface area contributed by atoms with Gasteiger partial charge in [0.15, 0.2) is 6.10 Å². The molecule has 0 N–H and O–H groups in total. The van der Waals surface area contributed by atoms with Crippen LogP contribution in [-0.2, 0) is 9.59 Å². The highest BCUT2D eigenvalue weighted by Crippen LogP contribution is 2.36. The van der Waals surface area contributed by atoms with Crippen LogP contribution in [0.4, 0.5) is 5.69 Å². The monoisotopic (exact) mass is 421 g/mol. The number of fused-ring (bicyclic) bond motifs is 2. The number of para-hydroxylation sites is 3. The highest BCUT2D eigenvalue weighted by molar-refractivity contribution is 7.18. The van der Waals surface area contributed by atoms with E-state index < -0.39 is 6.10 Å². The van der Waals surface area contributed by atoms with Crippen LogP contribution in [0, 0.1) is 0 Å². The molecule has 2 aliphatic heterocycles. The fourth-order valence-electron chi connectivity index (χ4n) is 4.31. The van der Waals surface area contributed by atoms with E-state index in [2.05, 4.69) is 6.07 Å². The third kappa shape index (κ3) is 3.43. The highest BCUT2D eigenvalue weighted by Gasteiger charge is 2.37. The number of piperidine rings is 1. The minimum absolute atomic E-state index is 0.0541. The fourth-order valence-corrected chi connectivity index (χ4v) is 5.40. The Balaban J connectivity index is 1.35. The van der Waals surface area contributed by atoms with Crippen molar-refractivity contribution < 1.29 is 14.3 Å². The van der Waals surface area contributed by atoms with Crippen molar-refractivity contribution >= 4 is 39.1 Å². The molecule has 1 aromatic heterocycles. The number of carbonyl (C=O) groups excluding carboxylic acids is 2. The molecule has 1 saturated heterocycles. The van der Waals surface area contributed by atoms with E-state index >= 15 is 0 Å². The van der Waals surface area contributed by atoms with E-state index in [1.54, 1.807) is 16.2 Å². The van der Waals surface area contributed by atoms with Crippen LogP contribution in [0.25, 0.3) is 10.2 Å². The summed E-state index contributed by atoms with van der Waals surface area (Å²) in [5.41, 5.74) is 1.74. The topological polar surface area (TPSA) is 62.7 Å². The lowest BCUT2D eigenvalue weighted by Crippen LogP contribution is -2.53. The van der Waals surface area contributed by atoms with Gasteiger partial charge in [0.25, 0.3) is 5.91 Å². The molecule has 154 valence electrons. The summed E-state index contributed by atoms with van der Waals surface area (Å²) >= 11 is 1.71. The van der Waals surface area contributed by atoms with Crippen molar-refractivity contribution in [3.63, 3.8) is 0 Å². The Morgan fingerprint density at radius 2 is 1.90 bits per heavy atom. The number of hydrogen-bond donors (Lipinski definition) is 0. The Hall–Kier alpha value is -2.93. The van der Waals surface area contributed by atoms with Gasteiger partial charge in [0.2, 0.25) is 5.91 Å². The van der Waals surface area contributed by atoms with E-state index in [4.69, 9.17) is 9.72 Å². The molecule has 7 heteroatoms. The van der Waals surface area contributed by atoms with Crippen LogP contribution in [0.15, 0.2) is 48.5 Å². The molecule has 2 aliphatic rings. The first-order valence-corrected chi connectivity index (χ1v) is 11.1. The summed E-state index contributed by atoms with van der Waals surface area (Å²) in [7, 11) is 0. The van der Waals surface area contributed by atoms with E-state index in [0.29, 0.717) is 18.8 Å². The molecule has 2 atom stereocenters. The number of anilines is 1. The highest BCUT2D eigenvalue weighted by atomic mass is 32.1. The zero-order valence-corrected chi connectivity index (χ0v) is 17.6. The number of hydrogen-bond acceptors (Lipinski definition) is 5.